The Bertz CT molecular complexity index is 542. The Labute approximate surface area is 137 Å². The lowest BCUT2D eigenvalue weighted by Gasteiger charge is -2.25. The van der Waals surface area contributed by atoms with E-state index in [1.165, 1.54) is 5.56 Å². The molecule has 5 nitrogen and oxygen atoms in total. The zero-order chi connectivity index (χ0) is 16.8. The molecule has 126 valence electrons. The highest BCUT2D eigenvalue weighted by Gasteiger charge is 2.29. The molecule has 1 amide bonds. The van der Waals surface area contributed by atoms with Crippen LogP contribution in [0.3, 0.4) is 0 Å². The summed E-state index contributed by atoms with van der Waals surface area (Å²) >= 11 is 0. The predicted octanol–water partition coefficient (Wildman–Crippen LogP) is 2.14. The molecule has 1 aliphatic rings. The lowest BCUT2D eigenvalue weighted by Crippen LogP contribution is -2.40. The van der Waals surface area contributed by atoms with E-state index in [2.05, 4.69) is 31.2 Å². The number of aliphatic carboxylic acids is 1. The summed E-state index contributed by atoms with van der Waals surface area (Å²) in [5.74, 6) is -1.01. The van der Waals surface area contributed by atoms with Crippen LogP contribution in [0.15, 0.2) is 24.3 Å². The van der Waals surface area contributed by atoms with Crippen molar-refractivity contribution in [2.24, 2.45) is 5.92 Å². The standard InChI is InChI=1S/C18H26N2O3/c1-3-9-20(11-15-6-4-14(2)5-7-15)17(21)13-19-10-8-16(12-19)18(22)23/h4-7,16H,3,8-13H2,1-2H3,(H,22,23). The Hall–Kier alpha value is -1.88. The number of hydrogen-bond donors (Lipinski definition) is 1. The number of carbonyl (C=O) groups is 2. The third-order valence-electron chi connectivity index (χ3n) is 4.32. The van der Waals surface area contributed by atoms with E-state index in [9.17, 15) is 9.59 Å². The van der Waals surface area contributed by atoms with Gasteiger partial charge in [0.25, 0.3) is 0 Å². The van der Waals surface area contributed by atoms with Gasteiger partial charge in [0.15, 0.2) is 0 Å². The van der Waals surface area contributed by atoms with Crippen molar-refractivity contribution >= 4 is 11.9 Å². The normalized spacial score (nSPS) is 18.1. The quantitative estimate of drug-likeness (QED) is 0.837. The van der Waals surface area contributed by atoms with E-state index < -0.39 is 5.97 Å². The number of carboxylic acid groups (broad SMARTS) is 1. The Balaban J connectivity index is 1.93. The number of carbonyl (C=O) groups excluding carboxylic acids is 1. The first-order chi connectivity index (χ1) is 11.0. The molecule has 1 aliphatic heterocycles. The van der Waals surface area contributed by atoms with E-state index in [0.717, 1.165) is 18.5 Å². The van der Waals surface area contributed by atoms with E-state index >= 15 is 0 Å². The fraction of sp³-hybridized carbons (Fsp3) is 0.556. The van der Waals surface area contributed by atoms with Crippen LogP contribution in [0.25, 0.3) is 0 Å². The molecule has 1 N–H and O–H groups in total. The molecule has 1 unspecified atom stereocenters. The lowest BCUT2D eigenvalue weighted by atomic mass is 10.1. The molecule has 1 heterocycles. The average molecular weight is 318 g/mol. The molecule has 1 aromatic rings. The van der Waals surface area contributed by atoms with Crippen molar-refractivity contribution in [3.05, 3.63) is 35.4 Å². The molecular formula is C18H26N2O3. The van der Waals surface area contributed by atoms with Gasteiger partial charge in [0.05, 0.1) is 12.5 Å². The number of benzene rings is 1. The summed E-state index contributed by atoms with van der Waals surface area (Å²) in [7, 11) is 0. The third-order valence-corrected chi connectivity index (χ3v) is 4.32. The topological polar surface area (TPSA) is 60.9 Å². The van der Waals surface area contributed by atoms with Crippen LogP contribution in [0, 0.1) is 12.8 Å². The van der Waals surface area contributed by atoms with Gasteiger partial charge in [-0.05, 0) is 31.9 Å². The number of carboxylic acids is 1. The number of hydrogen-bond acceptors (Lipinski definition) is 3. The van der Waals surface area contributed by atoms with Gasteiger partial charge < -0.3 is 10.0 Å². The zero-order valence-corrected chi connectivity index (χ0v) is 14.0. The van der Waals surface area contributed by atoms with Crippen molar-refractivity contribution in [3.8, 4) is 0 Å². The van der Waals surface area contributed by atoms with Gasteiger partial charge in [0.2, 0.25) is 5.91 Å². The molecule has 0 bridgehead atoms. The van der Waals surface area contributed by atoms with E-state index in [1.807, 2.05) is 16.7 Å². The number of nitrogens with zero attached hydrogens (tertiary/aromatic N) is 2. The number of likely N-dealkylation sites (tertiary alicyclic amines) is 1. The van der Waals surface area contributed by atoms with Gasteiger partial charge in [-0.1, -0.05) is 36.8 Å². The first-order valence-corrected chi connectivity index (χ1v) is 8.28. The summed E-state index contributed by atoms with van der Waals surface area (Å²) in [6, 6.07) is 8.23. The molecule has 0 saturated carbocycles. The molecule has 1 aromatic carbocycles. The monoisotopic (exact) mass is 318 g/mol. The number of rotatable bonds is 7. The molecule has 0 aliphatic carbocycles. The molecule has 1 fully saturated rings. The SMILES string of the molecule is CCCN(Cc1ccc(C)cc1)C(=O)CN1CCC(C(=O)O)C1. The van der Waals surface area contributed by atoms with Crippen molar-refractivity contribution in [3.63, 3.8) is 0 Å². The summed E-state index contributed by atoms with van der Waals surface area (Å²) in [4.78, 5) is 27.4. The van der Waals surface area contributed by atoms with Crippen LogP contribution in [-0.2, 0) is 16.1 Å². The van der Waals surface area contributed by atoms with Gasteiger partial charge in [-0.2, -0.15) is 0 Å². The summed E-state index contributed by atoms with van der Waals surface area (Å²) in [6.07, 6.45) is 1.55. The van der Waals surface area contributed by atoms with Crippen LogP contribution in [-0.4, -0.2) is 53.0 Å². The maximum Gasteiger partial charge on any atom is 0.307 e. The predicted molar refractivity (Wildman–Crippen MR) is 89.1 cm³/mol. The van der Waals surface area contributed by atoms with Crippen molar-refractivity contribution in [2.75, 3.05) is 26.2 Å². The highest BCUT2D eigenvalue weighted by atomic mass is 16.4. The van der Waals surface area contributed by atoms with Crippen molar-refractivity contribution in [1.82, 2.24) is 9.80 Å². The molecule has 1 saturated heterocycles. The smallest absolute Gasteiger partial charge is 0.307 e. The lowest BCUT2D eigenvalue weighted by molar-refractivity contribution is -0.141. The van der Waals surface area contributed by atoms with E-state index in [1.54, 1.807) is 0 Å². The molecule has 0 spiro atoms. The molecule has 0 radical (unpaired) electrons. The molecule has 2 rings (SSSR count). The molecule has 23 heavy (non-hydrogen) atoms. The zero-order valence-electron chi connectivity index (χ0n) is 14.0. The second kappa shape index (κ2) is 8.11. The van der Waals surface area contributed by atoms with Crippen LogP contribution >= 0.6 is 0 Å². The van der Waals surface area contributed by atoms with Crippen molar-refractivity contribution in [2.45, 2.75) is 33.2 Å². The van der Waals surface area contributed by atoms with Gasteiger partial charge in [-0.15, -0.1) is 0 Å². The minimum Gasteiger partial charge on any atom is -0.481 e. The van der Waals surface area contributed by atoms with Crippen LogP contribution in [0.5, 0.6) is 0 Å². The highest BCUT2D eigenvalue weighted by molar-refractivity contribution is 5.78. The summed E-state index contributed by atoms with van der Waals surface area (Å²) in [5, 5.41) is 9.05. The number of aryl methyl sites for hydroxylation is 1. The van der Waals surface area contributed by atoms with Crippen molar-refractivity contribution < 1.29 is 14.7 Å². The Morgan fingerprint density at radius 3 is 2.57 bits per heavy atom. The Morgan fingerprint density at radius 1 is 1.30 bits per heavy atom. The Morgan fingerprint density at radius 2 is 2.00 bits per heavy atom. The summed E-state index contributed by atoms with van der Waals surface area (Å²) in [5.41, 5.74) is 2.33. The fourth-order valence-electron chi connectivity index (χ4n) is 2.94. The fourth-order valence-corrected chi connectivity index (χ4v) is 2.94. The average Bonchev–Trinajstić information content (AvgIpc) is 2.97. The molecule has 5 heteroatoms. The first kappa shape index (κ1) is 17.5. The minimum absolute atomic E-state index is 0.0819. The largest absolute Gasteiger partial charge is 0.481 e. The highest BCUT2D eigenvalue weighted by Crippen LogP contribution is 2.16. The number of amides is 1. The van der Waals surface area contributed by atoms with Gasteiger partial charge in [-0.3, -0.25) is 14.5 Å². The molecular weight excluding hydrogens is 292 g/mol. The van der Waals surface area contributed by atoms with Gasteiger partial charge in [-0.25, -0.2) is 0 Å². The summed E-state index contributed by atoms with van der Waals surface area (Å²) in [6.45, 7) is 6.93. The maximum atomic E-state index is 12.6. The summed E-state index contributed by atoms with van der Waals surface area (Å²) < 4.78 is 0. The second-order valence-electron chi connectivity index (χ2n) is 6.36. The van der Waals surface area contributed by atoms with Gasteiger partial charge in [0, 0.05) is 19.6 Å². The minimum atomic E-state index is -0.759. The van der Waals surface area contributed by atoms with Crippen LogP contribution in [0.4, 0.5) is 0 Å². The van der Waals surface area contributed by atoms with E-state index in [-0.39, 0.29) is 11.8 Å². The van der Waals surface area contributed by atoms with Gasteiger partial charge >= 0.3 is 5.97 Å². The second-order valence-corrected chi connectivity index (χ2v) is 6.36. The van der Waals surface area contributed by atoms with E-state index in [0.29, 0.717) is 32.6 Å². The van der Waals surface area contributed by atoms with Crippen LogP contribution in [0.2, 0.25) is 0 Å². The van der Waals surface area contributed by atoms with Crippen LogP contribution in [0.1, 0.15) is 30.9 Å². The van der Waals surface area contributed by atoms with E-state index in [4.69, 9.17) is 5.11 Å². The maximum absolute atomic E-state index is 12.6. The van der Waals surface area contributed by atoms with Gasteiger partial charge in [0.1, 0.15) is 0 Å². The molecule has 0 aromatic heterocycles. The van der Waals surface area contributed by atoms with Crippen molar-refractivity contribution in [1.29, 1.82) is 0 Å². The third kappa shape index (κ3) is 5.06. The molecule has 1 atom stereocenters. The first-order valence-electron chi connectivity index (χ1n) is 8.28. The Kier molecular flexibility index (Phi) is 6.16. The van der Waals surface area contributed by atoms with Crippen LogP contribution < -0.4 is 0 Å².